The third-order valence-corrected chi connectivity index (χ3v) is 3.85. The van der Waals surface area contributed by atoms with Crippen molar-refractivity contribution >= 4 is 17.3 Å². The molecule has 0 radical (unpaired) electrons. The number of carbonyl (C=O) groups excluding carboxylic acids is 1. The Labute approximate surface area is 138 Å². The van der Waals surface area contributed by atoms with Crippen molar-refractivity contribution in [2.75, 3.05) is 5.32 Å². The van der Waals surface area contributed by atoms with Gasteiger partial charge < -0.3 is 16.4 Å². The fourth-order valence-corrected chi connectivity index (χ4v) is 2.77. The van der Waals surface area contributed by atoms with Gasteiger partial charge in [-0.05, 0) is 49.1 Å². The first-order valence-electron chi connectivity index (χ1n) is 8.03. The zero-order valence-electron chi connectivity index (χ0n) is 13.6. The van der Waals surface area contributed by atoms with E-state index in [1.807, 2.05) is 43.3 Å². The van der Waals surface area contributed by atoms with Gasteiger partial charge in [0.2, 0.25) is 0 Å². The molecule has 122 valence electrons. The summed E-state index contributed by atoms with van der Waals surface area (Å²) >= 11 is 0. The van der Waals surface area contributed by atoms with Gasteiger partial charge in [0, 0.05) is 17.4 Å². The van der Waals surface area contributed by atoms with Crippen LogP contribution in [0.25, 0.3) is 5.57 Å². The van der Waals surface area contributed by atoms with E-state index in [1.54, 1.807) is 6.08 Å². The summed E-state index contributed by atoms with van der Waals surface area (Å²) in [7, 11) is 0. The average molecular weight is 311 g/mol. The highest BCUT2D eigenvalue weighted by Crippen LogP contribution is 2.20. The lowest BCUT2D eigenvalue weighted by molar-refractivity contribution is 0.248. The van der Waals surface area contributed by atoms with Crippen LogP contribution >= 0.6 is 0 Å². The number of carbonyl (C=O) groups is 1. The van der Waals surface area contributed by atoms with Gasteiger partial charge in [-0.25, -0.2) is 4.79 Å². The smallest absolute Gasteiger partial charge is 0.319 e. The van der Waals surface area contributed by atoms with Crippen LogP contribution in [0, 0.1) is 0 Å². The molecule has 0 aliphatic heterocycles. The fraction of sp³-hybridized carbons (Fsp3) is 0.316. The van der Waals surface area contributed by atoms with Gasteiger partial charge in [0.25, 0.3) is 0 Å². The normalized spacial score (nSPS) is 16.2. The Balaban J connectivity index is 2.00. The van der Waals surface area contributed by atoms with Crippen molar-refractivity contribution in [3.63, 3.8) is 0 Å². The number of hydrogen-bond acceptors (Lipinski definition) is 2. The SMILES string of the molecule is C=C/C=C(\C=C(\C)N)c1ccc(NC(=O)NC2CCCC2)cc1. The summed E-state index contributed by atoms with van der Waals surface area (Å²) in [4.78, 5) is 12.0. The quantitative estimate of drug-likeness (QED) is 0.714. The van der Waals surface area contributed by atoms with Gasteiger partial charge in [0.1, 0.15) is 0 Å². The molecule has 0 spiro atoms. The van der Waals surface area contributed by atoms with E-state index < -0.39 is 0 Å². The number of amides is 2. The van der Waals surface area contributed by atoms with Gasteiger partial charge in [-0.3, -0.25) is 0 Å². The molecule has 23 heavy (non-hydrogen) atoms. The molecule has 2 amide bonds. The van der Waals surface area contributed by atoms with E-state index in [4.69, 9.17) is 5.73 Å². The van der Waals surface area contributed by atoms with Gasteiger partial charge in [-0.15, -0.1) is 0 Å². The minimum absolute atomic E-state index is 0.135. The Morgan fingerprint density at radius 1 is 1.26 bits per heavy atom. The Hall–Kier alpha value is -2.49. The molecule has 1 aliphatic rings. The minimum atomic E-state index is -0.135. The number of hydrogen-bond donors (Lipinski definition) is 3. The molecular formula is C19H25N3O. The minimum Gasteiger partial charge on any atom is -0.402 e. The summed E-state index contributed by atoms with van der Waals surface area (Å²) in [6.07, 6.45) is 10.1. The lowest BCUT2D eigenvalue weighted by atomic mass is 10.0. The van der Waals surface area contributed by atoms with Crippen LogP contribution in [-0.2, 0) is 0 Å². The highest BCUT2D eigenvalue weighted by atomic mass is 16.2. The average Bonchev–Trinajstić information content (AvgIpc) is 3.00. The van der Waals surface area contributed by atoms with Crippen molar-refractivity contribution < 1.29 is 4.79 Å². The molecule has 1 fully saturated rings. The van der Waals surface area contributed by atoms with Crippen LogP contribution in [0.15, 0.2) is 54.8 Å². The fourth-order valence-electron chi connectivity index (χ4n) is 2.77. The van der Waals surface area contributed by atoms with E-state index in [0.29, 0.717) is 6.04 Å². The lowest BCUT2D eigenvalue weighted by Crippen LogP contribution is -2.36. The Kier molecular flexibility index (Phi) is 6.03. The van der Waals surface area contributed by atoms with Gasteiger partial charge in [-0.1, -0.05) is 43.7 Å². The van der Waals surface area contributed by atoms with Crippen LogP contribution < -0.4 is 16.4 Å². The van der Waals surface area contributed by atoms with Gasteiger partial charge in [-0.2, -0.15) is 0 Å². The van der Waals surface area contributed by atoms with Crippen LogP contribution in [0.5, 0.6) is 0 Å². The predicted octanol–water partition coefficient (Wildman–Crippen LogP) is 4.18. The van der Waals surface area contributed by atoms with E-state index in [9.17, 15) is 4.79 Å². The molecule has 1 aliphatic carbocycles. The second kappa shape index (κ2) is 8.22. The molecule has 4 nitrogen and oxygen atoms in total. The molecular weight excluding hydrogens is 286 g/mol. The van der Waals surface area contributed by atoms with Gasteiger partial charge in [0.15, 0.2) is 0 Å². The van der Waals surface area contributed by atoms with Crippen molar-refractivity contribution in [1.82, 2.24) is 5.32 Å². The third-order valence-electron chi connectivity index (χ3n) is 3.85. The molecule has 0 unspecified atom stereocenters. The lowest BCUT2D eigenvalue weighted by Gasteiger charge is -2.13. The molecule has 4 N–H and O–H groups in total. The first-order chi connectivity index (χ1) is 11.1. The standard InChI is InChI=1S/C19H25N3O/c1-3-6-16(13-14(2)20)15-9-11-18(12-10-15)22-19(23)21-17-7-4-5-8-17/h3,6,9-13,17H,1,4-5,7-8,20H2,2H3,(H2,21,22,23)/b14-13-,16-6+. The monoisotopic (exact) mass is 311 g/mol. The maximum Gasteiger partial charge on any atom is 0.319 e. The van der Waals surface area contributed by atoms with Crippen molar-refractivity contribution in [2.24, 2.45) is 5.73 Å². The van der Waals surface area contributed by atoms with Crippen molar-refractivity contribution in [2.45, 2.75) is 38.6 Å². The summed E-state index contributed by atoms with van der Waals surface area (Å²) in [5, 5.41) is 5.89. The van der Waals surface area contributed by atoms with E-state index >= 15 is 0 Å². The molecule has 1 aromatic carbocycles. The highest BCUT2D eigenvalue weighted by molar-refractivity contribution is 5.89. The van der Waals surface area contributed by atoms with Crippen molar-refractivity contribution in [1.29, 1.82) is 0 Å². The van der Waals surface area contributed by atoms with Crippen LogP contribution in [0.2, 0.25) is 0 Å². The third kappa shape index (κ3) is 5.33. The maximum absolute atomic E-state index is 12.0. The Bertz CT molecular complexity index is 604. The van der Waals surface area contributed by atoms with Crippen molar-refractivity contribution in [3.8, 4) is 0 Å². The summed E-state index contributed by atoms with van der Waals surface area (Å²) in [5.74, 6) is 0. The Morgan fingerprint density at radius 3 is 2.48 bits per heavy atom. The number of nitrogens with one attached hydrogen (secondary N) is 2. The van der Waals surface area contributed by atoms with E-state index in [0.717, 1.165) is 35.4 Å². The molecule has 0 heterocycles. The number of rotatable bonds is 5. The largest absolute Gasteiger partial charge is 0.402 e. The predicted molar refractivity (Wildman–Crippen MR) is 97.0 cm³/mol. The van der Waals surface area contributed by atoms with Crippen LogP contribution in [0.1, 0.15) is 38.2 Å². The molecule has 1 saturated carbocycles. The second-order valence-corrected chi connectivity index (χ2v) is 5.90. The number of urea groups is 1. The summed E-state index contributed by atoms with van der Waals surface area (Å²) < 4.78 is 0. The zero-order valence-corrected chi connectivity index (χ0v) is 13.6. The van der Waals surface area contributed by atoms with Crippen LogP contribution in [0.3, 0.4) is 0 Å². The molecule has 0 saturated heterocycles. The van der Waals surface area contributed by atoms with E-state index in [-0.39, 0.29) is 6.03 Å². The highest BCUT2D eigenvalue weighted by Gasteiger charge is 2.16. The Morgan fingerprint density at radius 2 is 1.91 bits per heavy atom. The first-order valence-corrected chi connectivity index (χ1v) is 8.03. The molecule has 0 aromatic heterocycles. The van der Waals surface area contributed by atoms with Crippen LogP contribution in [-0.4, -0.2) is 12.1 Å². The van der Waals surface area contributed by atoms with Crippen molar-refractivity contribution in [3.05, 3.63) is 60.3 Å². The molecule has 1 aromatic rings. The van der Waals surface area contributed by atoms with Gasteiger partial charge >= 0.3 is 6.03 Å². The first kappa shape index (κ1) is 16.9. The maximum atomic E-state index is 12.0. The molecule has 2 rings (SSSR count). The number of anilines is 1. The summed E-state index contributed by atoms with van der Waals surface area (Å²) in [6.45, 7) is 5.57. The second-order valence-electron chi connectivity index (χ2n) is 5.90. The van der Waals surface area contributed by atoms with Crippen LogP contribution in [0.4, 0.5) is 10.5 Å². The zero-order chi connectivity index (χ0) is 16.7. The van der Waals surface area contributed by atoms with E-state index in [1.165, 1.54) is 12.8 Å². The molecule has 0 atom stereocenters. The molecule has 0 bridgehead atoms. The number of benzene rings is 1. The number of nitrogens with two attached hydrogens (primary N) is 1. The topological polar surface area (TPSA) is 67.1 Å². The summed E-state index contributed by atoms with van der Waals surface area (Å²) in [5.41, 5.74) is 9.27. The molecule has 4 heteroatoms. The van der Waals surface area contributed by atoms with Gasteiger partial charge in [0.05, 0.1) is 0 Å². The van der Waals surface area contributed by atoms with E-state index in [2.05, 4.69) is 17.2 Å². The number of allylic oxidation sites excluding steroid dienone is 5. The summed E-state index contributed by atoms with van der Waals surface area (Å²) in [6, 6.07) is 7.87.